The van der Waals surface area contributed by atoms with Crippen LogP contribution in [-0.2, 0) is 13.5 Å². The molecule has 1 aliphatic rings. The lowest BCUT2D eigenvalue weighted by atomic mass is 10.1. The highest BCUT2D eigenvalue weighted by Crippen LogP contribution is 2.29. The van der Waals surface area contributed by atoms with Crippen LogP contribution in [0.3, 0.4) is 0 Å². The minimum absolute atomic E-state index is 0.0708. The number of aromatic nitrogens is 2. The lowest BCUT2D eigenvalue weighted by Gasteiger charge is -2.17. The Kier molecular flexibility index (Phi) is 4.78. The van der Waals surface area contributed by atoms with E-state index < -0.39 is 5.91 Å². The highest BCUT2D eigenvalue weighted by atomic mass is 16.2. The van der Waals surface area contributed by atoms with Crippen LogP contribution in [0.25, 0.3) is 10.8 Å². The molecule has 7 nitrogen and oxygen atoms in total. The molecule has 0 fully saturated rings. The van der Waals surface area contributed by atoms with Crippen molar-refractivity contribution >= 4 is 34.0 Å². The molecule has 1 N–H and O–H groups in total. The van der Waals surface area contributed by atoms with Crippen molar-refractivity contribution in [3.8, 4) is 0 Å². The third-order valence-corrected chi connectivity index (χ3v) is 5.69. The number of amides is 2. The van der Waals surface area contributed by atoms with Crippen LogP contribution in [0.2, 0.25) is 0 Å². The number of aryl methyl sites for hydroxylation is 1. The van der Waals surface area contributed by atoms with Gasteiger partial charge in [0, 0.05) is 35.9 Å². The summed E-state index contributed by atoms with van der Waals surface area (Å²) in [5.74, 6) is -0.497. The van der Waals surface area contributed by atoms with Gasteiger partial charge in [-0.1, -0.05) is 36.4 Å². The van der Waals surface area contributed by atoms with E-state index in [1.165, 1.54) is 12.6 Å². The number of rotatable bonds is 3. The van der Waals surface area contributed by atoms with E-state index in [1.54, 1.807) is 53.4 Å². The topological polar surface area (TPSA) is 84.3 Å². The summed E-state index contributed by atoms with van der Waals surface area (Å²) in [7, 11) is 1.52. The fourth-order valence-corrected chi connectivity index (χ4v) is 4.06. The molecule has 0 radical (unpaired) electrons. The van der Waals surface area contributed by atoms with Crippen LogP contribution in [0.5, 0.6) is 0 Å². The first-order chi connectivity index (χ1) is 15.5. The zero-order valence-corrected chi connectivity index (χ0v) is 17.4. The summed E-state index contributed by atoms with van der Waals surface area (Å²) in [4.78, 5) is 39.9. The largest absolute Gasteiger partial charge is 0.321 e. The standard InChI is InChI=1S/C25H20N4O3/c1-28-25(32)20-8-4-3-7-19(20)22(27-28)23(30)26-18-12-10-17(11-13-18)24(31)29-15-14-16-6-2-5-9-21(16)29/h2-13H,14-15H2,1H3,(H,26,30). The first-order valence-corrected chi connectivity index (χ1v) is 10.3. The van der Waals surface area contributed by atoms with Gasteiger partial charge >= 0.3 is 0 Å². The van der Waals surface area contributed by atoms with Gasteiger partial charge < -0.3 is 10.2 Å². The van der Waals surface area contributed by atoms with E-state index in [0.29, 0.717) is 28.6 Å². The lowest BCUT2D eigenvalue weighted by molar-refractivity contribution is 0.0988. The maximum absolute atomic E-state index is 13.0. The minimum Gasteiger partial charge on any atom is -0.321 e. The third kappa shape index (κ3) is 3.33. The zero-order valence-electron chi connectivity index (χ0n) is 17.4. The SMILES string of the molecule is Cn1nc(C(=O)Nc2ccc(C(=O)N3CCc4ccccc43)cc2)c2ccccc2c1=O. The molecule has 4 aromatic rings. The van der Waals surface area contributed by atoms with Gasteiger partial charge in [-0.3, -0.25) is 14.4 Å². The Morgan fingerprint density at radius 2 is 1.59 bits per heavy atom. The lowest BCUT2D eigenvalue weighted by Crippen LogP contribution is -2.28. The van der Waals surface area contributed by atoms with Crippen LogP contribution in [-0.4, -0.2) is 28.1 Å². The molecule has 32 heavy (non-hydrogen) atoms. The van der Waals surface area contributed by atoms with Gasteiger partial charge in [-0.2, -0.15) is 5.10 Å². The molecule has 2 amide bonds. The number of anilines is 2. The molecule has 3 aromatic carbocycles. The number of hydrogen-bond acceptors (Lipinski definition) is 4. The van der Waals surface area contributed by atoms with E-state index >= 15 is 0 Å². The monoisotopic (exact) mass is 424 g/mol. The summed E-state index contributed by atoms with van der Waals surface area (Å²) in [5.41, 5.74) is 3.10. The molecule has 0 saturated heterocycles. The summed E-state index contributed by atoms with van der Waals surface area (Å²) in [6.45, 7) is 0.655. The number of hydrogen-bond donors (Lipinski definition) is 1. The molecule has 7 heteroatoms. The fraction of sp³-hybridized carbons (Fsp3) is 0.120. The van der Waals surface area contributed by atoms with Gasteiger partial charge in [0.2, 0.25) is 0 Å². The molecule has 5 rings (SSSR count). The van der Waals surface area contributed by atoms with Crippen molar-refractivity contribution in [2.45, 2.75) is 6.42 Å². The Hall–Kier alpha value is -4.26. The number of benzene rings is 3. The number of carbonyl (C=O) groups excluding carboxylic acids is 2. The molecule has 2 heterocycles. The van der Waals surface area contributed by atoms with E-state index in [9.17, 15) is 14.4 Å². The smallest absolute Gasteiger partial charge is 0.276 e. The van der Waals surface area contributed by atoms with Gasteiger partial charge in [0.15, 0.2) is 5.69 Å². The van der Waals surface area contributed by atoms with Crippen molar-refractivity contribution in [2.75, 3.05) is 16.8 Å². The van der Waals surface area contributed by atoms with Crippen LogP contribution in [0, 0.1) is 0 Å². The fourth-order valence-electron chi connectivity index (χ4n) is 4.06. The summed E-state index contributed by atoms with van der Waals surface area (Å²) in [6.07, 6.45) is 0.844. The highest BCUT2D eigenvalue weighted by Gasteiger charge is 2.25. The van der Waals surface area contributed by atoms with Gasteiger partial charge in [0.1, 0.15) is 0 Å². The third-order valence-electron chi connectivity index (χ3n) is 5.69. The Morgan fingerprint density at radius 3 is 2.38 bits per heavy atom. The van der Waals surface area contributed by atoms with E-state index in [2.05, 4.69) is 10.4 Å². The Labute approximate surface area is 183 Å². The first kappa shape index (κ1) is 19.7. The predicted octanol–water partition coefficient (Wildman–Crippen LogP) is 3.39. The van der Waals surface area contributed by atoms with Crippen molar-refractivity contribution in [1.29, 1.82) is 0 Å². The summed E-state index contributed by atoms with van der Waals surface area (Å²) in [5, 5.41) is 7.88. The van der Waals surface area contributed by atoms with Gasteiger partial charge in [0.25, 0.3) is 17.4 Å². The Morgan fingerprint density at radius 1 is 0.906 bits per heavy atom. The van der Waals surface area contributed by atoms with Gasteiger partial charge in [-0.15, -0.1) is 0 Å². The molecule has 158 valence electrons. The Bertz CT molecular complexity index is 1420. The summed E-state index contributed by atoms with van der Waals surface area (Å²) < 4.78 is 1.16. The molecule has 1 aliphatic heterocycles. The number of carbonyl (C=O) groups is 2. The van der Waals surface area contributed by atoms with Crippen LogP contribution < -0.4 is 15.8 Å². The quantitative estimate of drug-likeness (QED) is 0.546. The number of nitrogens with one attached hydrogen (secondary N) is 1. The van der Waals surface area contributed by atoms with Crippen LogP contribution in [0.15, 0.2) is 77.6 Å². The molecule has 0 saturated carbocycles. The minimum atomic E-state index is -0.427. The summed E-state index contributed by atoms with van der Waals surface area (Å²) in [6, 6.07) is 21.6. The number of fused-ring (bicyclic) bond motifs is 2. The molecule has 0 unspecified atom stereocenters. The van der Waals surface area contributed by atoms with Gasteiger partial charge in [-0.05, 0) is 48.4 Å². The van der Waals surface area contributed by atoms with Crippen LogP contribution >= 0.6 is 0 Å². The first-order valence-electron chi connectivity index (χ1n) is 10.3. The van der Waals surface area contributed by atoms with E-state index in [-0.39, 0.29) is 17.2 Å². The van der Waals surface area contributed by atoms with Crippen molar-refractivity contribution < 1.29 is 9.59 Å². The van der Waals surface area contributed by atoms with Crippen molar-refractivity contribution in [3.05, 3.63) is 100.0 Å². The van der Waals surface area contributed by atoms with Gasteiger partial charge in [-0.25, -0.2) is 4.68 Å². The van der Waals surface area contributed by atoms with Crippen LogP contribution in [0.1, 0.15) is 26.4 Å². The molecular formula is C25H20N4O3. The van der Waals surface area contributed by atoms with Crippen molar-refractivity contribution in [2.24, 2.45) is 7.05 Å². The van der Waals surface area contributed by atoms with E-state index in [1.807, 2.05) is 24.3 Å². The Balaban J connectivity index is 1.38. The average Bonchev–Trinajstić information content (AvgIpc) is 3.25. The summed E-state index contributed by atoms with van der Waals surface area (Å²) >= 11 is 0. The molecule has 0 aliphatic carbocycles. The average molecular weight is 424 g/mol. The second kappa shape index (κ2) is 7.77. The number of para-hydroxylation sites is 1. The van der Waals surface area contributed by atoms with E-state index in [0.717, 1.165) is 16.8 Å². The van der Waals surface area contributed by atoms with Gasteiger partial charge in [0.05, 0.1) is 5.39 Å². The maximum atomic E-state index is 13.0. The second-order valence-corrected chi connectivity index (χ2v) is 7.69. The molecule has 0 bridgehead atoms. The predicted molar refractivity (Wildman–Crippen MR) is 123 cm³/mol. The zero-order chi connectivity index (χ0) is 22.2. The maximum Gasteiger partial charge on any atom is 0.276 e. The molecule has 0 atom stereocenters. The second-order valence-electron chi connectivity index (χ2n) is 7.69. The molecular weight excluding hydrogens is 404 g/mol. The molecule has 0 spiro atoms. The number of nitrogens with zero attached hydrogens (tertiary/aromatic N) is 3. The van der Waals surface area contributed by atoms with Crippen LogP contribution in [0.4, 0.5) is 11.4 Å². The van der Waals surface area contributed by atoms with Crippen molar-refractivity contribution in [1.82, 2.24) is 9.78 Å². The normalized spacial score (nSPS) is 12.6. The molecule has 1 aromatic heterocycles. The highest BCUT2D eigenvalue weighted by molar-refractivity contribution is 6.11. The van der Waals surface area contributed by atoms with E-state index in [4.69, 9.17) is 0 Å². The van der Waals surface area contributed by atoms with Crippen molar-refractivity contribution in [3.63, 3.8) is 0 Å².